The second-order valence-electron chi connectivity index (χ2n) is 7.00. The summed E-state index contributed by atoms with van der Waals surface area (Å²) in [4.78, 5) is 27.0. The van der Waals surface area contributed by atoms with Crippen LogP contribution in [0.4, 0.5) is 13.2 Å². The van der Waals surface area contributed by atoms with E-state index in [-0.39, 0.29) is 29.3 Å². The molecule has 32 heavy (non-hydrogen) atoms. The second kappa shape index (κ2) is 10.6. The molecule has 2 aromatic rings. The van der Waals surface area contributed by atoms with Crippen LogP contribution in [0, 0.1) is 0 Å². The molecule has 1 heterocycles. The van der Waals surface area contributed by atoms with Crippen LogP contribution in [0.25, 0.3) is 17.6 Å². The molecule has 0 aliphatic rings. The first-order chi connectivity index (χ1) is 14.9. The van der Waals surface area contributed by atoms with Crippen LogP contribution in [0.3, 0.4) is 0 Å². The summed E-state index contributed by atoms with van der Waals surface area (Å²) in [6.45, 7) is 6.69. The number of aromatic nitrogens is 3. The van der Waals surface area contributed by atoms with Crippen LogP contribution in [0.1, 0.15) is 33.3 Å². The van der Waals surface area contributed by atoms with Gasteiger partial charge in [0.05, 0.1) is 30.1 Å². The SMILES string of the molecule is CC(C)OC(=O)C=COc1cc(-c2ncn(C=CC(=O)OC(C)C)n2)cc(C(F)(F)F)c1. The maximum Gasteiger partial charge on any atom is 0.416 e. The summed E-state index contributed by atoms with van der Waals surface area (Å²) < 4.78 is 56.1. The number of halogens is 3. The van der Waals surface area contributed by atoms with Crippen molar-refractivity contribution in [3.63, 3.8) is 0 Å². The van der Waals surface area contributed by atoms with Crippen LogP contribution in [0.5, 0.6) is 5.75 Å². The third-order valence-electron chi connectivity index (χ3n) is 3.48. The third-order valence-corrected chi connectivity index (χ3v) is 3.48. The number of hydrogen-bond donors (Lipinski definition) is 0. The highest BCUT2D eigenvalue weighted by molar-refractivity contribution is 5.85. The molecular formula is C21H22F3N3O5. The van der Waals surface area contributed by atoms with Crippen molar-refractivity contribution in [3.8, 4) is 17.1 Å². The normalized spacial score (nSPS) is 12.2. The molecule has 0 saturated heterocycles. The predicted molar refractivity (Wildman–Crippen MR) is 108 cm³/mol. The first kappa shape index (κ1) is 24.6. The Morgan fingerprint density at radius 2 is 1.62 bits per heavy atom. The molecule has 0 amide bonds. The molecule has 0 unspecified atom stereocenters. The van der Waals surface area contributed by atoms with Gasteiger partial charge in [-0.05, 0) is 45.9 Å². The van der Waals surface area contributed by atoms with Gasteiger partial charge < -0.3 is 14.2 Å². The molecule has 0 aliphatic carbocycles. The van der Waals surface area contributed by atoms with Gasteiger partial charge in [0.15, 0.2) is 5.82 Å². The van der Waals surface area contributed by atoms with E-state index in [1.54, 1.807) is 27.7 Å². The summed E-state index contributed by atoms with van der Waals surface area (Å²) in [5.41, 5.74) is -0.972. The average Bonchev–Trinajstić information content (AvgIpc) is 3.13. The zero-order valence-electron chi connectivity index (χ0n) is 17.8. The molecule has 8 nitrogen and oxygen atoms in total. The lowest BCUT2D eigenvalue weighted by Gasteiger charge is -2.10. The van der Waals surface area contributed by atoms with Crippen molar-refractivity contribution in [3.05, 3.63) is 48.5 Å². The van der Waals surface area contributed by atoms with Crippen molar-refractivity contribution in [1.29, 1.82) is 0 Å². The van der Waals surface area contributed by atoms with Gasteiger partial charge in [-0.25, -0.2) is 19.3 Å². The molecule has 1 aromatic carbocycles. The maximum atomic E-state index is 13.3. The van der Waals surface area contributed by atoms with Gasteiger partial charge >= 0.3 is 18.1 Å². The Kier molecular flexibility index (Phi) is 8.16. The zero-order chi connectivity index (χ0) is 23.9. The zero-order valence-corrected chi connectivity index (χ0v) is 17.8. The maximum absolute atomic E-state index is 13.3. The van der Waals surface area contributed by atoms with Gasteiger partial charge in [-0.1, -0.05) is 0 Å². The van der Waals surface area contributed by atoms with Crippen LogP contribution in [-0.4, -0.2) is 38.9 Å². The Morgan fingerprint density at radius 3 is 2.22 bits per heavy atom. The van der Waals surface area contributed by atoms with Crippen LogP contribution < -0.4 is 4.74 Å². The summed E-state index contributed by atoms with van der Waals surface area (Å²) in [7, 11) is 0. The van der Waals surface area contributed by atoms with E-state index in [1.807, 2.05) is 0 Å². The molecule has 0 aliphatic heterocycles. The van der Waals surface area contributed by atoms with Gasteiger partial charge in [-0.2, -0.15) is 13.2 Å². The third kappa shape index (κ3) is 7.89. The topological polar surface area (TPSA) is 92.5 Å². The second-order valence-corrected chi connectivity index (χ2v) is 7.00. The number of ether oxygens (including phenoxy) is 3. The fraction of sp³-hybridized carbons (Fsp3) is 0.333. The van der Waals surface area contributed by atoms with Crippen molar-refractivity contribution in [2.24, 2.45) is 0 Å². The number of hydrogen-bond acceptors (Lipinski definition) is 7. The molecule has 0 spiro atoms. The van der Waals surface area contributed by atoms with Crippen LogP contribution in [0.2, 0.25) is 0 Å². The number of alkyl halides is 3. The monoisotopic (exact) mass is 453 g/mol. The summed E-state index contributed by atoms with van der Waals surface area (Å²) in [5, 5.41) is 4.03. The van der Waals surface area contributed by atoms with Crippen molar-refractivity contribution >= 4 is 18.1 Å². The highest BCUT2D eigenvalue weighted by Crippen LogP contribution is 2.35. The fourth-order valence-electron chi connectivity index (χ4n) is 2.29. The van der Waals surface area contributed by atoms with Gasteiger partial charge in [0, 0.05) is 17.8 Å². The van der Waals surface area contributed by atoms with Gasteiger partial charge in [-0.3, -0.25) is 0 Å². The smallest absolute Gasteiger partial charge is 0.416 e. The van der Waals surface area contributed by atoms with Crippen molar-refractivity contribution < 1.29 is 37.0 Å². The molecule has 0 bridgehead atoms. The highest BCUT2D eigenvalue weighted by atomic mass is 19.4. The molecule has 1 aromatic heterocycles. The fourth-order valence-corrected chi connectivity index (χ4v) is 2.29. The van der Waals surface area contributed by atoms with E-state index in [2.05, 4.69) is 10.1 Å². The molecule has 0 fully saturated rings. The summed E-state index contributed by atoms with van der Waals surface area (Å²) in [5.74, 6) is -1.52. The number of esters is 2. The number of rotatable bonds is 8. The Hall–Kier alpha value is -3.63. The van der Waals surface area contributed by atoms with E-state index in [0.717, 1.165) is 35.2 Å². The number of benzene rings is 1. The van der Waals surface area contributed by atoms with Crippen molar-refractivity contribution in [2.75, 3.05) is 0 Å². The Bertz CT molecular complexity index is 1010. The van der Waals surface area contributed by atoms with E-state index in [9.17, 15) is 22.8 Å². The Balaban J connectivity index is 2.26. The van der Waals surface area contributed by atoms with Gasteiger partial charge in [0.2, 0.25) is 0 Å². The van der Waals surface area contributed by atoms with E-state index >= 15 is 0 Å². The minimum absolute atomic E-state index is 0.0184. The predicted octanol–water partition coefficient (Wildman–Crippen LogP) is 4.23. The largest absolute Gasteiger partial charge is 0.465 e. The first-order valence-electron chi connectivity index (χ1n) is 9.50. The lowest BCUT2D eigenvalue weighted by molar-refractivity contribution is -0.142. The van der Waals surface area contributed by atoms with E-state index in [0.29, 0.717) is 0 Å². The van der Waals surface area contributed by atoms with E-state index in [1.165, 1.54) is 18.6 Å². The molecule has 0 atom stereocenters. The molecule has 0 N–H and O–H groups in total. The van der Waals surface area contributed by atoms with Gasteiger partial charge in [-0.15, -0.1) is 5.10 Å². The van der Waals surface area contributed by atoms with E-state index < -0.39 is 23.7 Å². The van der Waals surface area contributed by atoms with Crippen LogP contribution >= 0.6 is 0 Å². The molecule has 0 radical (unpaired) electrons. The molecule has 11 heteroatoms. The minimum Gasteiger partial charge on any atom is -0.465 e. The summed E-state index contributed by atoms with van der Waals surface area (Å²) >= 11 is 0. The average molecular weight is 453 g/mol. The summed E-state index contributed by atoms with van der Waals surface area (Å²) in [6.07, 6.45) is 0.162. The van der Waals surface area contributed by atoms with Gasteiger partial charge in [0.25, 0.3) is 0 Å². The number of carbonyl (C=O) groups is 2. The molecular weight excluding hydrogens is 431 g/mol. The number of nitrogens with zero attached hydrogens (tertiary/aromatic N) is 3. The van der Waals surface area contributed by atoms with E-state index in [4.69, 9.17) is 14.2 Å². The molecule has 2 rings (SSSR count). The lowest BCUT2D eigenvalue weighted by Crippen LogP contribution is -2.08. The standard InChI is InChI=1S/C21H22F3N3O5/c1-13(2)31-18(28)5-7-27-12-25-20(26-27)15-9-16(21(22,23)24)11-17(10-15)30-8-6-19(29)32-14(3)4/h5-14H,1-4H3. The van der Waals surface area contributed by atoms with Crippen molar-refractivity contribution in [1.82, 2.24) is 14.8 Å². The van der Waals surface area contributed by atoms with Crippen molar-refractivity contribution in [2.45, 2.75) is 46.1 Å². The minimum atomic E-state index is -4.66. The molecule has 172 valence electrons. The van der Waals surface area contributed by atoms with Crippen LogP contribution in [0.15, 0.2) is 42.9 Å². The van der Waals surface area contributed by atoms with Crippen LogP contribution in [-0.2, 0) is 25.2 Å². The quantitative estimate of drug-likeness (QED) is 0.336. The summed E-state index contributed by atoms with van der Waals surface area (Å²) in [6, 6.07) is 2.92. The lowest BCUT2D eigenvalue weighted by atomic mass is 10.1. The first-order valence-corrected chi connectivity index (χ1v) is 9.50. The van der Waals surface area contributed by atoms with Gasteiger partial charge in [0.1, 0.15) is 12.1 Å². The number of carbonyl (C=O) groups excluding carboxylic acids is 2. The highest BCUT2D eigenvalue weighted by Gasteiger charge is 2.32. The Morgan fingerprint density at radius 1 is 1.00 bits per heavy atom. The Labute approximate surface area is 182 Å². The molecule has 0 saturated carbocycles.